The number of carbonyl (C=O) groups is 2. The van der Waals surface area contributed by atoms with E-state index in [-0.39, 0.29) is 29.1 Å². The van der Waals surface area contributed by atoms with Crippen LogP contribution in [0.4, 0.5) is 0 Å². The maximum absolute atomic E-state index is 12.9. The van der Waals surface area contributed by atoms with Gasteiger partial charge in [-0.05, 0) is 104 Å². The summed E-state index contributed by atoms with van der Waals surface area (Å²) in [5.74, 6) is 1.70. The third kappa shape index (κ3) is 3.36. The fourth-order valence-electron chi connectivity index (χ4n) is 7.89. The highest BCUT2D eigenvalue weighted by atomic mass is 16.3. The summed E-state index contributed by atoms with van der Waals surface area (Å²) in [7, 11) is 0. The van der Waals surface area contributed by atoms with Gasteiger partial charge in [0.15, 0.2) is 5.78 Å². The number of ketones is 1. The van der Waals surface area contributed by atoms with Crippen molar-refractivity contribution in [3.05, 3.63) is 58.2 Å². The van der Waals surface area contributed by atoms with Crippen LogP contribution in [0, 0.1) is 17.3 Å². The molecule has 33 heavy (non-hydrogen) atoms. The van der Waals surface area contributed by atoms with Crippen LogP contribution in [0.15, 0.2) is 47.1 Å². The standard InChI is InChI=1S/C29H35NO3/c1-29-17-24(18-4-6-19(7-5-18)28(33)30-14-2-3-15-30)27-22-11-9-21(31)16-20(22)8-10-23(27)25(29)12-13-26(29)32/h4-7,16,23-26,32H,2-3,8-15,17H2,1H3. The van der Waals surface area contributed by atoms with Gasteiger partial charge in [-0.2, -0.15) is 0 Å². The molecular weight excluding hydrogens is 410 g/mol. The number of aliphatic hydroxyl groups excluding tert-OH is 1. The van der Waals surface area contributed by atoms with Crippen molar-refractivity contribution in [3.8, 4) is 0 Å². The Morgan fingerprint density at radius 1 is 1.03 bits per heavy atom. The zero-order valence-electron chi connectivity index (χ0n) is 19.7. The van der Waals surface area contributed by atoms with E-state index in [2.05, 4.69) is 19.1 Å². The maximum Gasteiger partial charge on any atom is 0.253 e. The number of rotatable bonds is 2. The summed E-state index contributed by atoms with van der Waals surface area (Å²) in [4.78, 5) is 27.0. The Bertz CT molecular complexity index is 1050. The van der Waals surface area contributed by atoms with Crippen molar-refractivity contribution in [1.82, 2.24) is 4.90 Å². The summed E-state index contributed by atoms with van der Waals surface area (Å²) in [5.41, 5.74) is 6.24. The summed E-state index contributed by atoms with van der Waals surface area (Å²) in [5, 5.41) is 11.0. The molecule has 5 unspecified atom stereocenters. The van der Waals surface area contributed by atoms with Crippen molar-refractivity contribution in [2.24, 2.45) is 17.3 Å². The van der Waals surface area contributed by atoms with E-state index in [4.69, 9.17) is 0 Å². The van der Waals surface area contributed by atoms with Crippen LogP contribution in [0.25, 0.3) is 0 Å². The Morgan fingerprint density at radius 2 is 1.79 bits per heavy atom. The SMILES string of the molecule is CC12CC(c3ccc(C(=O)N4CCCC4)cc3)C3=C4CCC(=O)C=C4CCC3C1CCC2O. The Hall–Kier alpha value is -2.20. The minimum Gasteiger partial charge on any atom is -0.393 e. The van der Waals surface area contributed by atoms with Gasteiger partial charge < -0.3 is 10.0 Å². The largest absolute Gasteiger partial charge is 0.393 e. The first-order chi connectivity index (χ1) is 16.0. The van der Waals surface area contributed by atoms with E-state index in [0.717, 1.165) is 70.0 Å². The number of amides is 1. The lowest BCUT2D eigenvalue weighted by molar-refractivity contribution is -0.114. The first-order valence-corrected chi connectivity index (χ1v) is 13.0. The van der Waals surface area contributed by atoms with Crippen LogP contribution >= 0.6 is 0 Å². The molecule has 1 aromatic carbocycles. The minimum absolute atomic E-state index is 0.0604. The third-order valence-electron chi connectivity index (χ3n) is 9.63. The predicted octanol–water partition coefficient (Wildman–Crippen LogP) is 5.18. The Morgan fingerprint density at radius 3 is 2.55 bits per heavy atom. The van der Waals surface area contributed by atoms with Gasteiger partial charge >= 0.3 is 0 Å². The molecule has 5 aliphatic rings. The van der Waals surface area contributed by atoms with Crippen LogP contribution in [0.1, 0.15) is 86.6 Å². The molecule has 1 aliphatic heterocycles. The van der Waals surface area contributed by atoms with Crippen LogP contribution in [-0.2, 0) is 4.79 Å². The zero-order valence-corrected chi connectivity index (χ0v) is 19.7. The van der Waals surface area contributed by atoms with E-state index in [9.17, 15) is 14.7 Å². The van der Waals surface area contributed by atoms with E-state index in [1.807, 2.05) is 23.1 Å². The minimum atomic E-state index is -0.238. The Kier molecular flexibility index (Phi) is 5.13. The molecule has 1 heterocycles. The lowest BCUT2D eigenvalue weighted by atomic mass is 9.53. The van der Waals surface area contributed by atoms with Gasteiger partial charge in [-0.25, -0.2) is 0 Å². The van der Waals surface area contributed by atoms with Crippen molar-refractivity contribution < 1.29 is 14.7 Å². The molecule has 0 spiro atoms. The summed E-state index contributed by atoms with van der Waals surface area (Å²) >= 11 is 0. The molecule has 3 fully saturated rings. The van der Waals surface area contributed by atoms with Crippen molar-refractivity contribution in [2.45, 2.75) is 76.7 Å². The topological polar surface area (TPSA) is 57.6 Å². The monoisotopic (exact) mass is 445 g/mol. The molecule has 4 heteroatoms. The summed E-state index contributed by atoms with van der Waals surface area (Å²) in [6.07, 6.45) is 10.4. The molecule has 1 saturated heterocycles. The highest BCUT2D eigenvalue weighted by Gasteiger charge is 2.56. The van der Waals surface area contributed by atoms with Crippen LogP contribution in [0.5, 0.6) is 0 Å². The van der Waals surface area contributed by atoms with E-state index >= 15 is 0 Å². The molecule has 6 rings (SSSR count). The van der Waals surface area contributed by atoms with Gasteiger partial charge in [0.05, 0.1) is 6.10 Å². The first kappa shape index (κ1) is 21.3. The molecule has 4 nitrogen and oxygen atoms in total. The molecule has 0 aromatic heterocycles. The molecule has 1 aromatic rings. The fraction of sp³-hybridized carbons (Fsp3) is 0.586. The summed E-state index contributed by atoms with van der Waals surface area (Å²) < 4.78 is 0. The third-order valence-corrected chi connectivity index (χ3v) is 9.63. The van der Waals surface area contributed by atoms with E-state index < -0.39 is 0 Å². The highest BCUT2D eigenvalue weighted by molar-refractivity contribution is 5.94. The number of fused-ring (bicyclic) bond motifs is 4. The molecular formula is C29H35NO3. The second-order valence-corrected chi connectivity index (χ2v) is 11.3. The molecule has 5 atom stereocenters. The molecule has 0 bridgehead atoms. The van der Waals surface area contributed by atoms with Crippen LogP contribution in [-0.4, -0.2) is 40.9 Å². The van der Waals surface area contributed by atoms with E-state index in [0.29, 0.717) is 18.3 Å². The van der Waals surface area contributed by atoms with Crippen molar-refractivity contribution in [1.29, 1.82) is 0 Å². The van der Waals surface area contributed by atoms with Gasteiger partial charge in [0.2, 0.25) is 0 Å². The predicted molar refractivity (Wildman–Crippen MR) is 128 cm³/mol. The highest BCUT2D eigenvalue weighted by Crippen LogP contribution is 2.63. The number of hydrogen-bond acceptors (Lipinski definition) is 3. The molecule has 174 valence electrons. The number of likely N-dealkylation sites (tertiary alicyclic amines) is 1. The quantitative estimate of drug-likeness (QED) is 0.682. The zero-order chi connectivity index (χ0) is 22.7. The maximum atomic E-state index is 12.9. The van der Waals surface area contributed by atoms with E-state index in [1.165, 1.54) is 16.7 Å². The van der Waals surface area contributed by atoms with Gasteiger partial charge in [-0.3, -0.25) is 9.59 Å². The average Bonchev–Trinajstić information content (AvgIpc) is 3.46. The van der Waals surface area contributed by atoms with Crippen molar-refractivity contribution in [3.63, 3.8) is 0 Å². The van der Waals surface area contributed by atoms with Gasteiger partial charge in [0.1, 0.15) is 0 Å². The van der Waals surface area contributed by atoms with Gasteiger partial charge in [0.25, 0.3) is 5.91 Å². The van der Waals surface area contributed by atoms with Gasteiger partial charge in [-0.15, -0.1) is 0 Å². The Labute approximate surface area is 196 Å². The summed E-state index contributed by atoms with van der Waals surface area (Å²) in [6.45, 7) is 4.05. The van der Waals surface area contributed by atoms with Gasteiger partial charge in [-0.1, -0.05) is 24.6 Å². The number of hydrogen-bond donors (Lipinski definition) is 1. The van der Waals surface area contributed by atoms with Crippen LogP contribution < -0.4 is 0 Å². The fourth-order valence-corrected chi connectivity index (χ4v) is 7.89. The molecule has 1 N–H and O–H groups in total. The van der Waals surface area contributed by atoms with Crippen molar-refractivity contribution >= 4 is 11.7 Å². The second kappa shape index (κ2) is 7.94. The molecule has 1 amide bonds. The van der Waals surface area contributed by atoms with Crippen LogP contribution in [0.3, 0.4) is 0 Å². The van der Waals surface area contributed by atoms with Crippen LogP contribution in [0.2, 0.25) is 0 Å². The normalized spacial score (nSPS) is 35.8. The van der Waals surface area contributed by atoms with Crippen molar-refractivity contribution in [2.75, 3.05) is 13.1 Å². The van der Waals surface area contributed by atoms with E-state index in [1.54, 1.807) is 5.57 Å². The Balaban J connectivity index is 1.40. The number of allylic oxidation sites excluding steroid dienone is 4. The number of aliphatic hydroxyl groups is 1. The molecule has 4 aliphatic carbocycles. The number of carbonyl (C=O) groups excluding carboxylic acids is 2. The first-order valence-electron chi connectivity index (χ1n) is 13.0. The lowest BCUT2D eigenvalue weighted by Crippen LogP contribution is -2.45. The second-order valence-electron chi connectivity index (χ2n) is 11.3. The smallest absolute Gasteiger partial charge is 0.253 e. The number of benzene rings is 1. The van der Waals surface area contributed by atoms with Gasteiger partial charge in [0, 0.05) is 31.0 Å². The summed E-state index contributed by atoms with van der Waals surface area (Å²) in [6, 6.07) is 8.35. The average molecular weight is 446 g/mol. The molecule has 2 saturated carbocycles. The lowest BCUT2D eigenvalue weighted by Gasteiger charge is -2.52. The molecule has 0 radical (unpaired) electrons. The number of nitrogens with zero attached hydrogens (tertiary/aromatic N) is 1.